The molecule has 0 aliphatic carbocycles. The predicted octanol–water partition coefficient (Wildman–Crippen LogP) is 2.45. The summed E-state index contributed by atoms with van der Waals surface area (Å²) in [6.07, 6.45) is -5.34. The molecule has 2 N–H and O–H groups in total. The zero-order valence-corrected chi connectivity index (χ0v) is 17.8. The Bertz CT molecular complexity index is 743. The lowest BCUT2D eigenvalue weighted by Crippen LogP contribution is -2.49. The molecule has 0 radical (unpaired) electrons. The Balaban J connectivity index is 1.98. The average Bonchev–Trinajstić information content (AvgIpc) is 2.65. The van der Waals surface area contributed by atoms with Gasteiger partial charge in [0, 0.05) is 50.2 Å². The van der Waals surface area contributed by atoms with Crippen molar-refractivity contribution < 1.29 is 28.1 Å². The summed E-state index contributed by atoms with van der Waals surface area (Å²) in [4.78, 5) is 4.22. The molecule has 8 heteroatoms. The molecule has 0 spiro atoms. The predicted molar refractivity (Wildman–Crippen MR) is 109 cm³/mol. The zero-order valence-electron chi connectivity index (χ0n) is 17.8. The smallest absolute Gasteiger partial charge is 0.416 e. The number of rotatable bonds is 7. The molecule has 1 aliphatic heterocycles. The molecule has 1 aromatic carbocycles. The van der Waals surface area contributed by atoms with E-state index in [4.69, 9.17) is 9.84 Å². The molecule has 1 aliphatic rings. The summed E-state index contributed by atoms with van der Waals surface area (Å²) < 4.78 is 45.2. The van der Waals surface area contributed by atoms with Crippen molar-refractivity contribution in [3.63, 3.8) is 0 Å². The van der Waals surface area contributed by atoms with Crippen molar-refractivity contribution in [2.45, 2.75) is 33.1 Å². The van der Waals surface area contributed by atoms with Crippen LogP contribution < -0.4 is 4.74 Å². The van der Waals surface area contributed by atoms with Gasteiger partial charge in [0.25, 0.3) is 0 Å². The van der Waals surface area contributed by atoms with Gasteiger partial charge in [0.15, 0.2) is 0 Å². The number of benzene rings is 1. The Kier molecular flexibility index (Phi) is 8.56. The van der Waals surface area contributed by atoms with Crippen LogP contribution in [0.4, 0.5) is 13.2 Å². The molecular formula is C22H31F3N2O3. The molecule has 1 heterocycles. The van der Waals surface area contributed by atoms with Crippen LogP contribution in [-0.2, 0) is 6.18 Å². The highest BCUT2D eigenvalue weighted by molar-refractivity contribution is 5.44. The molecule has 1 atom stereocenters. The van der Waals surface area contributed by atoms with Crippen molar-refractivity contribution in [3.05, 3.63) is 29.3 Å². The van der Waals surface area contributed by atoms with E-state index in [0.717, 1.165) is 38.3 Å². The summed E-state index contributed by atoms with van der Waals surface area (Å²) in [6, 6.07) is 3.41. The van der Waals surface area contributed by atoms with E-state index in [-0.39, 0.29) is 29.9 Å². The highest BCUT2D eigenvalue weighted by Gasteiger charge is 2.31. The third kappa shape index (κ3) is 8.52. The SMILES string of the molecule is CC(C)(C)C#Cc1cc(OCC(O)CN2CCN(CCO)CC2)cc(C(F)(F)F)c1. The quantitative estimate of drug-likeness (QED) is 0.654. The fourth-order valence-electron chi connectivity index (χ4n) is 3.06. The minimum absolute atomic E-state index is 0.0369. The summed E-state index contributed by atoms with van der Waals surface area (Å²) in [5.74, 6) is 5.75. The molecule has 1 saturated heterocycles. The first-order chi connectivity index (χ1) is 14.0. The number of nitrogens with zero attached hydrogens (tertiary/aromatic N) is 2. The van der Waals surface area contributed by atoms with E-state index in [1.807, 2.05) is 20.8 Å². The standard InChI is InChI=1S/C22H31F3N2O3/c1-21(2,3)5-4-17-12-18(22(23,24)25)14-20(13-17)30-16-19(29)15-27-8-6-26(7-9-27)10-11-28/h12-14,19,28-29H,6-11,15-16H2,1-3H3. The summed E-state index contributed by atoms with van der Waals surface area (Å²) >= 11 is 0. The van der Waals surface area contributed by atoms with Crippen molar-refractivity contribution in [1.29, 1.82) is 0 Å². The first kappa shape index (κ1) is 24.5. The molecule has 2 rings (SSSR count). The number of piperazine rings is 1. The van der Waals surface area contributed by atoms with Crippen molar-refractivity contribution in [2.24, 2.45) is 5.41 Å². The van der Waals surface area contributed by atoms with Crippen LogP contribution in [0.25, 0.3) is 0 Å². The maximum atomic E-state index is 13.2. The van der Waals surface area contributed by atoms with E-state index in [1.54, 1.807) is 0 Å². The van der Waals surface area contributed by atoms with Crippen molar-refractivity contribution in [2.75, 3.05) is 52.5 Å². The molecule has 1 unspecified atom stereocenters. The molecule has 1 aromatic rings. The minimum Gasteiger partial charge on any atom is -0.491 e. The Morgan fingerprint density at radius 2 is 1.70 bits per heavy atom. The highest BCUT2D eigenvalue weighted by atomic mass is 19.4. The van der Waals surface area contributed by atoms with Gasteiger partial charge in [-0.25, -0.2) is 0 Å². The first-order valence-corrected chi connectivity index (χ1v) is 10.1. The molecule has 5 nitrogen and oxygen atoms in total. The van der Waals surface area contributed by atoms with Crippen LogP contribution in [0.2, 0.25) is 0 Å². The maximum absolute atomic E-state index is 13.2. The van der Waals surface area contributed by atoms with Gasteiger partial charge in [0.1, 0.15) is 18.5 Å². The largest absolute Gasteiger partial charge is 0.491 e. The Morgan fingerprint density at radius 1 is 1.07 bits per heavy atom. The van der Waals surface area contributed by atoms with Crippen LogP contribution in [0, 0.1) is 17.3 Å². The van der Waals surface area contributed by atoms with Crippen molar-refractivity contribution >= 4 is 0 Å². The van der Waals surface area contributed by atoms with Gasteiger partial charge in [-0.1, -0.05) is 11.8 Å². The normalized spacial score (nSPS) is 17.3. The summed E-state index contributed by atoms with van der Waals surface area (Å²) in [7, 11) is 0. The number of ether oxygens (including phenoxy) is 1. The number of hydrogen-bond acceptors (Lipinski definition) is 5. The lowest BCUT2D eigenvalue weighted by molar-refractivity contribution is -0.137. The van der Waals surface area contributed by atoms with Gasteiger partial charge in [0.2, 0.25) is 0 Å². The topological polar surface area (TPSA) is 56.2 Å². The van der Waals surface area contributed by atoms with Crippen LogP contribution in [0.5, 0.6) is 5.75 Å². The molecule has 0 aromatic heterocycles. The summed E-state index contributed by atoms with van der Waals surface area (Å²) in [5.41, 5.74) is -0.941. The number of halogens is 3. The summed E-state index contributed by atoms with van der Waals surface area (Å²) in [6.45, 7) is 9.79. The van der Waals surface area contributed by atoms with Crippen LogP contribution in [0.15, 0.2) is 18.2 Å². The third-order valence-electron chi connectivity index (χ3n) is 4.61. The van der Waals surface area contributed by atoms with Gasteiger partial charge in [-0.2, -0.15) is 13.2 Å². The fraction of sp³-hybridized carbons (Fsp3) is 0.636. The van der Waals surface area contributed by atoms with Crippen molar-refractivity contribution in [1.82, 2.24) is 9.80 Å². The van der Waals surface area contributed by atoms with E-state index in [2.05, 4.69) is 21.6 Å². The van der Waals surface area contributed by atoms with Crippen molar-refractivity contribution in [3.8, 4) is 17.6 Å². The highest BCUT2D eigenvalue weighted by Crippen LogP contribution is 2.32. The number of hydrogen-bond donors (Lipinski definition) is 2. The van der Waals surface area contributed by atoms with Crippen LogP contribution in [-0.4, -0.2) is 78.6 Å². The molecular weight excluding hydrogens is 397 g/mol. The monoisotopic (exact) mass is 428 g/mol. The van der Waals surface area contributed by atoms with Crippen LogP contribution in [0.1, 0.15) is 31.9 Å². The van der Waals surface area contributed by atoms with E-state index in [9.17, 15) is 18.3 Å². The van der Waals surface area contributed by atoms with Gasteiger partial charge in [-0.05, 0) is 39.0 Å². The number of aliphatic hydroxyl groups excluding tert-OH is 2. The average molecular weight is 428 g/mol. The molecule has 168 valence electrons. The lowest BCUT2D eigenvalue weighted by Gasteiger charge is -2.35. The molecule has 1 fully saturated rings. The molecule has 30 heavy (non-hydrogen) atoms. The maximum Gasteiger partial charge on any atom is 0.416 e. The molecule has 0 bridgehead atoms. The second kappa shape index (κ2) is 10.5. The van der Waals surface area contributed by atoms with Gasteiger partial charge in [0.05, 0.1) is 12.2 Å². The molecule has 0 amide bonds. The van der Waals surface area contributed by atoms with Gasteiger partial charge >= 0.3 is 6.18 Å². The van der Waals surface area contributed by atoms with E-state index in [1.165, 1.54) is 6.07 Å². The van der Waals surface area contributed by atoms with E-state index < -0.39 is 17.8 Å². The Morgan fingerprint density at radius 3 is 2.27 bits per heavy atom. The lowest BCUT2D eigenvalue weighted by atomic mass is 9.97. The van der Waals surface area contributed by atoms with Gasteiger partial charge in [-0.3, -0.25) is 9.80 Å². The minimum atomic E-state index is -4.51. The van der Waals surface area contributed by atoms with E-state index >= 15 is 0 Å². The fourth-order valence-corrected chi connectivity index (χ4v) is 3.06. The summed E-state index contributed by atoms with van der Waals surface area (Å²) in [5, 5.41) is 19.3. The third-order valence-corrected chi connectivity index (χ3v) is 4.61. The van der Waals surface area contributed by atoms with E-state index in [0.29, 0.717) is 13.1 Å². The van der Waals surface area contributed by atoms with Gasteiger partial charge in [-0.15, -0.1) is 0 Å². The Labute approximate surface area is 176 Å². The second-order valence-corrected chi connectivity index (χ2v) is 8.57. The second-order valence-electron chi connectivity index (χ2n) is 8.57. The number of aliphatic hydroxyl groups is 2. The number of alkyl halides is 3. The zero-order chi connectivity index (χ0) is 22.4. The van der Waals surface area contributed by atoms with Crippen LogP contribution in [0.3, 0.4) is 0 Å². The van der Waals surface area contributed by atoms with Gasteiger partial charge < -0.3 is 14.9 Å². The van der Waals surface area contributed by atoms with Crippen LogP contribution >= 0.6 is 0 Å². The number of β-amino-alcohol motifs (C(OH)–C–C–N with tert-alkyl or cyclic N) is 2. The Hall–Kier alpha value is -1.79. The molecule has 0 saturated carbocycles. The first-order valence-electron chi connectivity index (χ1n) is 10.1.